The molecule has 152 valence electrons. The van der Waals surface area contributed by atoms with Gasteiger partial charge in [-0.1, -0.05) is 52.3 Å². The van der Waals surface area contributed by atoms with Gasteiger partial charge >= 0.3 is 11.8 Å². The van der Waals surface area contributed by atoms with E-state index >= 15 is 0 Å². The molecule has 0 saturated carbocycles. The molecule has 0 aliphatic heterocycles. The van der Waals surface area contributed by atoms with Gasteiger partial charge in [0, 0.05) is 15.7 Å². The summed E-state index contributed by atoms with van der Waals surface area (Å²) in [5, 5.41) is 6.41. The van der Waals surface area contributed by atoms with Crippen molar-refractivity contribution in [2.24, 2.45) is 5.10 Å². The maximum atomic E-state index is 12.0. The molecule has 0 spiro atoms. The molecule has 0 fully saturated rings. The van der Waals surface area contributed by atoms with Crippen molar-refractivity contribution >= 4 is 39.6 Å². The first kappa shape index (κ1) is 21.3. The molecule has 0 heterocycles. The number of anilines is 1. The monoisotopic (exact) mass is 465 g/mol. The minimum absolute atomic E-state index is 0.392. The third-order valence-electron chi connectivity index (χ3n) is 4.08. The van der Waals surface area contributed by atoms with E-state index in [1.165, 1.54) is 6.21 Å². The topological polar surface area (TPSA) is 79.8 Å². The Kier molecular flexibility index (Phi) is 7.34. The van der Waals surface area contributed by atoms with Crippen LogP contribution in [0.1, 0.15) is 16.7 Å². The van der Waals surface area contributed by atoms with Gasteiger partial charge in [-0.3, -0.25) is 9.59 Å². The summed E-state index contributed by atoms with van der Waals surface area (Å²) in [7, 11) is 0. The van der Waals surface area contributed by atoms with E-state index in [0.29, 0.717) is 23.6 Å². The number of aryl methyl sites for hydroxylation is 1. The molecule has 0 bridgehead atoms. The van der Waals surface area contributed by atoms with E-state index in [1.54, 1.807) is 24.3 Å². The van der Waals surface area contributed by atoms with Gasteiger partial charge in [0.05, 0.1) is 6.21 Å². The average Bonchev–Trinajstić information content (AvgIpc) is 2.74. The van der Waals surface area contributed by atoms with Crippen LogP contribution in [0.5, 0.6) is 5.75 Å². The average molecular weight is 466 g/mol. The maximum Gasteiger partial charge on any atom is 0.329 e. The second-order valence-corrected chi connectivity index (χ2v) is 7.39. The summed E-state index contributed by atoms with van der Waals surface area (Å²) in [6.45, 7) is 2.29. The molecule has 0 atom stereocenters. The summed E-state index contributed by atoms with van der Waals surface area (Å²) >= 11 is 3.40. The van der Waals surface area contributed by atoms with Gasteiger partial charge < -0.3 is 10.1 Å². The fourth-order valence-electron chi connectivity index (χ4n) is 2.58. The summed E-state index contributed by atoms with van der Waals surface area (Å²) < 4.78 is 6.86. The zero-order valence-corrected chi connectivity index (χ0v) is 17.8. The Hall–Kier alpha value is -3.45. The number of nitrogens with one attached hydrogen (secondary N) is 2. The normalized spacial score (nSPS) is 10.6. The van der Waals surface area contributed by atoms with Gasteiger partial charge in [-0.2, -0.15) is 5.10 Å². The maximum absolute atomic E-state index is 12.0. The van der Waals surface area contributed by atoms with Crippen LogP contribution in [0.4, 0.5) is 5.69 Å². The Morgan fingerprint density at radius 1 is 1.00 bits per heavy atom. The van der Waals surface area contributed by atoms with E-state index < -0.39 is 11.8 Å². The Morgan fingerprint density at radius 3 is 2.53 bits per heavy atom. The van der Waals surface area contributed by atoms with Gasteiger partial charge in [0.15, 0.2) is 0 Å². The van der Waals surface area contributed by atoms with Crippen LogP contribution in [0.25, 0.3) is 0 Å². The first-order valence-electron chi connectivity index (χ1n) is 9.18. The number of ether oxygens (including phenoxy) is 1. The highest BCUT2D eigenvalue weighted by Crippen LogP contribution is 2.18. The van der Waals surface area contributed by atoms with Crippen LogP contribution in [0.15, 0.2) is 82.4 Å². The Morgan fingerprint density at radius 2 is 1.77 bits per heavy atom. The predicted molar refractivity (Wildman–Crippen MR) is 120 cm³/mol. The highest BCUT2D eigenvalue weighted by molar-refractivity contribution is 9.10. The zero-order valence-electron chi connectivity index (χ0n) is 16.3. The minimum atomic E-state index is -0.860. The molecule has 0 aliphatic rings. The van der Waals surface area contributed by atoms with E-state index in [2.05, 4.69) is 31.8 Å². The van der Waals surface area contributed by atoms with Crippen molar-refractivity contribution in [1.29, 1.82) is 0 Å². The van der Waals surface area contributed by atoms with Crippen LogP contribution in [0.2, 0.25) is 0 Å². The second-order valence-electron chi connectivity index (χ2n) is 6.48. The SMILES string of the molecule is Cc1cccc(NC(=O)C(=O)NN=Cc2ccccc2OCc2ccc(Br)cc2)c1. The second kappa shape index (κ2) is 10.4. The number of nitrogens with zero attached hydrogens (tertiary/aromatic N) is 1. The lowest BCUT2D eigenvalue weighted by Gasteiger charge is -2.09. The molecular formula is C23H20BrN3O3. The summed E-state index contributed by atoms with van der Waals surface area (Å²) in [6, 6.07) is 22.3. The molecule has 2 amide bonds. The van der Waals surface area contributed by atoms with E-state index in [-0.39, 0.29) is 0 Å². The number of halogens is 1. The number of rotatable bonds is 6. The molecule has 7 heteroatoms. The molecule has 0 saturated heterocycles. The van der Waals surface area contributed by atoms with Gasteiger partial charge in [-0.15, -0.1) is 0 Å². The fraction of sp³-hybridized carbons (Fsp3) is 0.0870. The van der Waals surface area contributed by atoms with E-state index in [0.717, 1.165) is 15.6 Å². The van der Waals surface area contributed by atoms with Gasteiger partial charge in [-0.25, -0.2) is 5.43 Å². The summed E-state index contributed by atoms with van der Waals surface area (Å²) in [5.74, 6) is -1.04. The van der Waals surface area contributed by atoms with Gasteiger partial charge in [-0.05, 0) is 54.4 Å². The van der Waals surface area contributed by atoms with Crippen LogP contribution in [-0.4, -0.2) is 18.0 Å². The Bertz CT molecular complexity index is 1070. The van der Waals surface area contributed by atoms with Gasteiger partial charge in [0.1, 0.15) is 12.4 Å². The summed E-state index contributed by atoms with van der Waals surface area (Å²) in [4.78, 5) is 24.0. The lowest BCUT2D eigenvalue weighted by Crippen LogP contribution is -2.32. The molecule has 0 aliphatic carbocycles. The predicted octanol–water partition coefficient (Wildman–Crippen LogP) is 4.43. The number of carbonyl (C=O) groups is 2. The Labute approximate surface area is 183 Å². The van der Waals surface area contributed by atoms with Gasteiger partial charge in [0.2, 0.25) is 0 Å². The van der Waals surface area contributed by atoms with Crippen molar-refractivity contribution in [3.8, 4) is 5.75 Å². The van der Waals surface area contributed by atoms with Crippen LogP contribution in [0.3, 0.4) is 0 Å². The lowest BCUT2D eigenvalue weighted by molar-refractivity contribution is -0.136. The largest absolute Gasteiger partial charge is 0.488 e. The molecule has 3 rings (SSSR count). The smallest absolute Gasteiger partial charge is 0.329 e. The number of benzene rings is 3. The number of para-hydroxylation sites is 1. The van der Waals surface area contributed by atoms with Crippen LogP contribution in [-0.2, 0) is 16.2 Å². The third kappa shape index (κ3) is 6.28. The van der Waals surface area contributed by atoms with Crippen LogP contribution < -0.4 is 15.5 Å². The quantitative estimate of drug-likeness (QED) is 0.321. The first-order valence-corrected chi connectivity index (χ1v) is 9.98. The molecule has 0 aromatic heterocycles. The third-order valence-corrected chi connectivity index (χ3v) is 4.61. The van der Waals surface area contributed by atoms with Crippen molar-refractivity contribution < 1.29 is 14.3 Å². The summed E-state index contributed by atoms with van der Waals surface area (Å²) in [5.41, 5.74) is 5.45. The highest BCUT2D eigenvalue weighted by atomic mass is 79.9. The fourth-order valence-corrected chi connectivity index (χ4v) is 2.85. The molecule has 0 radical (unpaired) electrons. The molecule has 0 unspecified atom stereocenters. The molecular weight excluding hydrogens is 446 g/mol. The standard InChI is InChI=1S/C23H20BrN3O3/c1-16-5-4-7-20(13-16)26-22(28)23(29)27-25-14-18-6-2-3-8-21(18)30-15-17-9-11-19(24)12-10-17/h2-14H,15H2,1H3,(H,26,28)(H,27,29). The number of hydrazone groups is 1. The highest BCUT2D eigenvalue weighted by Gasteiger charge is 2.13. The van der Waals surface area contributed by atoms with Crippen LogP contribution >= 0.6 is 15.9 Å². The Balaban J connectivity index is 1.57. The number of hydrogen-bond acceptors (Lipinski definition) is 4. The van der Waals surface area contributed by atoms with Crippen molar-refractivity contribution in [2.75, 3.05) is 5.32 Å². The van der Waals surface area contributed by atoms with Crippen molar-refractivity contribution in [1.82, 2.24) is 5.43 Å². The van der Waals surface area contributed by atoms with Crippen LogP contribution in [0, 0.1) is 6.92 Å². The molecule has 3 aromatic rings. The number of hydrogen-bond donors (Lipinski definition) is 2. The van der Waals surface area contributed by atoms with Crippen molar-refractivity contribution in [3.63, 3.8) is 0 Å². The minimum Gasteiger partial charge on any atom is -0.488 e. The van der Waals surface area contributed by atoms with Gasteiger partial charge in [0.25, 0.3) is 0 Å². The zero-order chi connectivity index (χ0) is 21.3. The van der Waals surface area contributed by atoms with Crippen molar-refractivity contribution in [3.05, 3.63) is 94.0 Å². The number of amides is 2. The van der Waals surface area contributed by atoms with E-state index in [4.69, 9.17) is 4.74 Å². The molecule has 6 nitrogen and oxygen atoms in total. The summed E-state index contributed by atoms with van der Waals surface area (Å²) in [6.07, 6.45) is 1.44. The lowest BCUT2D eigenvalue weighted by atomic mass is 10.2. The molecule has 3 aromatic carbocycles. The first-order chi connectivity index (χ1) is 14.5. The van der Waals surface area contributed by atoms with Crippen molar-refractivity contribution in [2.45, 2.75) is 13.5 Å². The van der Waals surface area contributed by atoms with E-state index in [9.17, 15) is 9.59 Å². The molecule has 2 N–H and O–H groups in total. The van der Waals surface area contributed by atoms with E-state index in [1.807, 2.05) is 55.5 Å². The molecule has 30 heavy (non-hydrogen) atoms. The number of carbonyl (C=O) groups excluding carboxylic acids is 2.